The van der Waals surface area contributed by atoms with E-state index >= 15 is 0 Å². The number of benzene rings is 1. The van der Waals surface area contributed by atoms with Crippen LogP contribution in [0.2, 0.25) is 0 Å². The number of para-hydroxylation sites is 1. The maximum Gasteiger partial charge on any atom is 0.407 e. The summed E-state index contributed by atoms with van der Waals surface area (Å²) in [6.07, 6.45) is -0.558. The highest BCUT2D eigenvalue weighted by Gasteiger charge is 2.49. The molecule has 2 aliphatic heterocycles. The zero-order valence-corrected chi connectivity index (χ0v) is 20.1. The van der Waals surface area contributed by atoms with Gasteiger partial charge in [-0.3, -0.25) is 4.79 Å². The van der Waals surface area contributed by atoms with Crippen LogP contribution in [0.3, 0.4) is 0 Å². The number of carbonyl (C=O) groups excluding carboxylic acids is 2. The molecule has 2 saturated heterocycles. The number of sulfone groups is 1. The molecular formula is C21H29N3O5S2. The van der Waals surface area contributed by atoms with Crippen molar-refractivity contribution in [2.45, 2.75) is 57.9 Å². The van der Waals surface area contributed by atoms with Crippen LogP contribution in [0, 0.1) is 13.8 Å². The molecule has 8 nitrogen and oxygen atoms in total. The van der Waals surface area contributed by atoms with Gasteiger partial charge in [-0.2, -0.15) is 4.99 Å². The molecule has 0 aromatic heterocycles. The molecule has 2 fully saturated rings. The number of aliphatic imine (C=N–C) groups is 1. The summed E-state index contributed by atoms with van der Waals surface area (Å²) in [4.78, 5) is 30.5. The summed E-state index contributed by atoms with van der Waals surface area (Å²) in [6, 6.07) is 5.63. The topological polar surface area (TPSA) is 105 Å². The lowest BCUT2D eigenvalue weighted by atomic mass is 10.1. The minimum Gasteiger partial charge on any atom is -0.444 e. The van der Waals surface area contributed by atoms with Gasteiger partial charge in [-0.1, -0.05) is 30.0 Å². The average molecular weight is 468 g/mol. The SMILES string of the molecule is Cc1cccc(C)c1N1C(=NC(=O)CCNC(=O)OC(C)(C)C)S[C@@H]2CS(=O)(=O)C[C@@H]21. The number of anilines is 1. The van der Waals surface area contributed by atoms with Gasteiger partial charge in [0.15, 0.2) is 15.0 Å². The molecule has 2 aliphatic rings. The lowest BCUT2D eigenvalue weighted by Gasteiger charge is -2.28. The molecule has 1 aromatic rings. The molecular weight excluding hydrogens is 438 g/mol. The first-order valence-corrected chi connectivity index (χ1v) is 12.9. The van der Waals surface area contributed by atoms with Crippen molar-refractivity contribution in [2.24, 2.45) is 4.99 Å². The van der Waals surface area contributed by atoms with Gasteiger partial charge in [0, 0.05) is 23.9 Å². The number of aryl methyl sites for hydroxylation is 2. The van der Waals surface area contributed by atoms with E-state index in [1.54, 1.807) is 20.8 Å². The van der Waals surface area contributed by atoms with E-state index in [-0.39, 0.29) is 41.7 Å². The van der Waals surface area contributed by atoms with Crippen LogP contribution in [-0.2, 0) is 19.4 Å². The molecule has 31 heavy (non-hydrogen) atoms. The van der Waals surface area contributed by atoms with Gasteiger partial charge in [-0.05, 0) is 45.7 Å². The molecule has 2 atom stereocenters. The molecule has 10 heteroatoms. The number of nitrogens with zero attached hydrogens (tertiary/aromatic N) is 2. The molecule has 3 rings (SSSR count). The molecule has 0 spiro atoms. The number of rotatable bonds is 4. The maximum absolute atomic E-state index is 12.5. The zero-order valence-electron chi connectivity index (χ0n) is 18.5. The van der Waals surface area contributed by atoms with E-state index in [9.17, 15) is 18.0 Å². The lowest BCUT2D eigenvalue weighted by Crippen LogP contribution is -2.38. The Labute approximate surface area is 187 Å². The third kappa shape index (κ3) is 5.79. The molecule has 0 aliphatic carbocycles. The lowest BCUT2D eigenvalue weighted by molar-refractivity contribution is -0.117. The van der Waals surface area contributed by atoms with Crippen LogP contribution in [0.5, 0.6) is 0 Å². The van der Waals surface area contributed by atoms with Crippen LogP contribution < -0.4 is 10.2 Å². The van der Waals surface area contributed by atoms with Gasteiger partial charge in [-0.25, -0.2) is 13.2 Å². The second-order valence-electron chi connectivity index (χ2n) is 8.88. The van der Waals surface area contributed by atoms with Crippen molar-refractivity contribution in [3.05, 3.63) is 29.3 Å². The number of hydrogen-bond acceptors (Lipinski definition) is 6. The number of thioether (sulfide) groups is 1. The minimum absolute atomic E-state index is 0.0253. The highest BCUT2D eigenvalue weighted by Crippen LogP contribution is 2.43. The number of carbonyl (C=O) groups is 2. The van der Waals surface area contributed by atoms with Gasteiger partial charge >= 0.3 is 6.09 Å². The van der Waals surface area contributed by atoms with Crippen molar-refractivity contribution in [1.29, 1.82) is 0 Å². The van der Waals surface area contributed by atoms with Gasteiger partial charge in [0.1, 0.15) is 5.60 Å². The van der Waals surface area contributed by atoms with E-state index in [4.69, 9.17) is 4.74 Å². The number of hydrogen-bond donors (Lipinski definition) is 1. The quantitative estimate of drug-likeness (QED) is 0.726. The van der Waals surface area contributed by atoms with Crippen molar-refractivity contribution >= 4 is 44.5 Å². The Morgan fingerprint density at radius 3 is 2.48 bits per heavy atom. The van der Waals surface area contributed by atoms with E-state index in [1.165, 1.54) is 11.8 Å². The normalized spacial score (nSPS) is 23.6. The molecule has 2 heterocycles. The van der Waals surface area contributed by atoms with Gasteiger partial charge in [0.05, 0.1) is 17.5 Å². The number of alkyl carbamates (subject to hydrolysis) is 1. The number of ether oxygens (including phenoxy) is 1. The summed E-state index contributed by atoms with van der Waals surface area (Å²) < 4.78 is 29.6. The van der Waals surface area contributed by atoms with Gasteiger partial charge in [0.2, 0.25) is 5.91 Å². The molecule has 0 radical (unpaired) electrons. The summed E-state index contributed by atoms with van der Waals surface area (Å²) in [5.41, 5.74) is 2.28. The van der Waals surface area contributed by atoms with E-state index in [0.717, 1.165) is 16.8 Å². The smallest absolute Gasteiger partial charge is 0.407 e. The van der Waals surface area contributed by atoms with Crippen LogP contribution in [0.25, 0.3) is 0 Å². The van der Waals surface area contributed by atoms with Gasteiger partial charge < -0.3 is 15.0 Å². The van der Waals surface area contributed by atoms with E-state index in [1.807, 2.05) is 36.9 Å². The summed E-state index contributed by atoms with van der Waals surface area (Å²) in [7, 11) is -3.13. The number of amides is 2. The molecule has 1 aromatic carbocycles. The maximum atomic E-state index is 12.5. The molecule has 1 N–H and O–H groups in total. The number of amidine groups is 1. The second kappa shape index (κ2) is 8.82. The van der Waals surface area contributed by atoms with Gasteiger partial charge in [-0.15, -0.1) is 0 Å². The highest BCUT2D eigenvalue weighted by molar-refractivity contribution is 8.16. The van der Waals surface area contributed by atoms with Crippen LogP contribution in [0.1, 0.15) is 38.3 Å². The summed E-state index contributed by atoms with van der Waals surface area (Å²) in [5, 5.41) is 2.92. The average Bonchev–Trinajstić information content (AvgIpc) is 3.05. The standard InChI is InChI=1S/C21H29N3O5S2/c1-13-7-6-8-14(2)18(13)24-15-11-31(27,28)12-16(15)30-19(24)23-17(25)9-10-22-20(26)29-21(3,4)5/h6-8,15-16H,9-12H2,1-5H3,(H,22,26)/t15-,16+/m0/s1. The molecule has 0 unspecified atom stereocenters. The van der Waals surface area contributed by atoms with Crippen molar-refractivity contribution in [3.63, 3.8) is 0 Å². The molecule has 0 saturated carbocycles. The molecule has 2 amide bonds. The zero-order chi connectivity index (χ0) is 23.0. The minimum atomic E-state index is -3.13. The highest BCUT2D eigenvalue weighted by atomic mass is 32.2. The first kappa shape index (κ1) is 23.6. The Morgan fingerprint density at radius 2 is 1.87 bits per heavy atom. The third-order valence-electron chi connectivity index (χ3n) is 4.97. The fourth-order valence-electron chi connectivity index (χ4n) is 3.76. The monoisotopic (exact) mass is 467 g/mol. The Kier molecular flexibility index (Phi) is 6.71. The first-order chi connectivity index (χ1) is 14.4. The summed E-state index contributed by atoms with van der Waals surface area (Å²) in [5.74, 6) is -0.249. The van der Waals surface area contributed by atoms with Gasteiger partial charge in [0.25, 0.3) is 0 Å². The van der Waals surface area contributed by atoms with Crippen molar-refractivity contribution in [1.82, 2.24) is 5.32 Å². The van der Waals surface area contributed by atoms with Crippen molar-refractivity contribution < 1.29 is 22.7 Å². The van der Waals surface area contributed by atoms with Crippen molar-refractivity contribution in [3.8, 4) is 0 Å². The Morgan fingerprint density at radius 1 is 1.23 bits per heavy atom. The Balaban J connectivity index is 1.77. The largest absolute Gasteiger partial charge is 0.444 e. The van der Waals surface area contributed by atoms with Crippen LogP contribution >= 0.6 is 11.8 Å². The number of fused-ring (bicyclic) bond motifs is 1. The number of nitrogens with one attached hydrogen (secondary N) is 1. The van der Waals surface area contributed by atoms with E-state index in [2.05, 4.69) is 10.3 Å². The Bertz CT molecular complexity index is 994. The van der Waals surface area contributed by atoms with Crippen LogP contribution in [-0.4, -0.2) is 60.5 Å². The van der Waals surface area contributed by atoms with E-state index in [0.29, 0.717) is 5.17 Å². The van der Waals surface area contributed by atoms with Crippen LogP contribution in [0.15, 0.2) is 23.2 Å². The van der Waals surface area contributed by atoms with Crippen molar-refractivity contribution in [2.75, 3.05) is 23.0 Å². The fraction of sp³-hybridized carbons (Fsp3) is 0.571. The second-order valence-corrected chi connectivity index (χ2v) is 12.2. The molecule has 170 valence electrons. The van der Waals surface area contributed by atoms with E-state index < -0.39 is 21.5 Å². The Hall–Kier alpha value is -2.07. The summed E-state index contributed by atoms with van der Waals surface area (Å²) >= 11 is 1.34. The fourth-order valence-corrected chi connectivity index (χ4v) is 7.68. The molecule has 0 bridgehead atoms. The predicted octanol–water partition coefficient (Wildman–Crippen LogP) is 2.82. The predicted molar refractivity (Wildman–Crippen MR) is 124 cm³/mol. The first-order valence-electron chi connectivity index (χ1n) is 10.2. The third-order valence-corrected chi connectivity index (χ3v) is 8.18. The van der Waals surface area contributed by atoms with Crippen LogP contribution in [0.4, 0.5) is 10.5 Å². The summed E-state index contributed by atoms with van der Waals surface area (Å²) in [6.45, 7) is 9.34.